The van der Waals surface area contributed by atoms with Gasteiger partial charge in [0.1, 0.15) is 6.10 Å². The minimum absolute atomic E-state index is 0.0620. The molecule has 0 saturated carbocycles. The Bertz CT molecular complexity index is 509. The van der Waals surface area contributed by atoms with E-state index < -0.39 is 16.9 Å². The minimum atomic E-state index is -2.56. The summed E-state index contributed by atoms with van der Waals surface area (Å²) in [6.07, 6.45) is 3.06. The molecule has 0 aliphatic carbocycles. The number of hydrogen-bond donors (Lipinski definition) is 0. The van der Waals surface area contributed by atoms with Crippen molar-refractivity contribution in [3.8, 4) is 0 Å². The quantitative estimate of drug-likeness (QED) is 0.570. The molecular formula is C19H38O4Si2. The summed E-state index contributed by atoms with van der Waals surface area (Å²) in [5.41, 5.74) is 0. The number of hydrogen-bond acceptors (Lipinski definition) is 4. The lowest BCUT2D eigenvalue weighted by molar-refractivity contribution is -0.0916. The van der Waals surface area contributed by atoms with Crippen LogP contribution in [0.25, 0.3) is 0 Å². The third-order valence-corrected chi connectivity index (χ3v) is 15.5. The number of rotatable bonds is 2. The molecule has 0 aromatic rings. The minimum Gasteiger partial charge on any atom is -0.471 e. The smallest absolute Gasteiger partial charge is 0.352 e. The number of ether oxygens (including phenoxy) is 1. The molecule has 0 bridgehead atoms. The third-order valence-electron chi connectivity index (χ3n) is 5.87. The van der Waals surface area contributed by atoms with Crippen molar-refractivity contribution in [2.75, 3.05) is 0 Å². The van der Waals surface area contributed by atoms with Gasteiger partial charge < -0.3 is 18.0 Å². The molecular weight excluding hydrogens is 348 g/mol. The summed E-state index contributed by atoms with van der Waals surface area (Å²) >= 11 is 0. The van der Waals surface area contributed by atoms with Crippen LogP contribution in [-0.4, -0.2) is 35.4 Å². The molecule has 2 aliphatic heterocycles. The van der Waals surface area contributed by atoms with Crippen molar-refractivity contribution in [1.82, 2.24) is 0 Å². The van der Waals surface area contributed by atoms with Crippen LogP contribution in [0.2, 0.25) is 28.2 Å². The van der Waals surface area contributed by atoms with E-state index in [2.05, 4.69) is 75.4 Å². The molecule has 0 N–H and O–H groups in total. The Hall–Kier alpha value is -0.146. The molecule has 0 aromatic carbocycles. The van der Waals surface area contributed by atoms with Gasteiger partial charge in [0.15, 0.2) is 8.32 Å². The SMILES string of the molecule is CC(C)(C)[Si](C)(C)O[C@@H]1C=CO[C@@H]2O[Si](C(C)(C)C)(C(C)(C)C)O[C@@H]21. The van der Waals surface area contributed by atoms with E-state index in [1.807, 2.05) is 6.08 Å². The maximum Gasteiger partial charge on any atom is 0.352 e. The first-order chi connectivity index (χ1) is 11.0. The van der Waals surface area contributed by atoms with Crippen molar-refractivity contribution in [3.63, 3.8) is 0 Å². The Labute approximate surface area is 156 Å². The van der Waals surface area contributed by atoms with E-state index in [0.717, 1.165) is 0 Å². The highest BCUT2D eigenvalue weighted by atomic mass is 28.4. The largest absolute Gasteiger partial charge is 0.471 e. The van der Waals surface area contributed by atoms with E-state index in [1.165, 1.54) is 0 Å². The van der Waals surface area contributed by atoms with Gasteiger partial charge in [0.25, 0.3) is 0 Å². The Kier molecular flexibility index (Phi) is 5.24. The Morgan fingerprint density at radius 3 is 1.84 bits per heavy atom. The van der Waals surface area contributed by atoms with Gasteiger partial charge in [-0.15, -0.1) is 0 Å². The topological polar surface area (TPSA) is 36.9 Å². The molecule has 2 rings (SSSR count). The second kappa shape index (κ2) is 6.19. The van der Waals surface area contributed by atoms with Crippen molar-refractivity contribution < 1.29 is 18.0 Å². The average molecular weight is 387 g/mol. The molecule has 1 saturated heterocycles. The first-order valence-electron chi connectivity index (χ1n) is 9.37. The standard InChI is InChI=1S/C19H38O4Si2/c1-17(2,3)24(10,11)21-14-12-13-20-16-15(14)22-25(23-16,18(4,5)6)19(7,8)9/h12-16H,1-11H3/t14-,15-,16-/m1/s1. The molecule has 0 radical (unpaired) electrons. The van der Waals surface area contributed by atoms with Gasteiger partial charge in [0, 0.05) is 10.1 Å². The van der Waals surface area contributed by atoms with Gasteiger partial charge in [0.2, 0.25) is 6.29 Å². The van der Waals surface area contributed by atoms with Crippen molar-refractivity contribution in [3.05, 3.63) is 12.3 Å². The molecule has 2 heterocycles. The molecule has 2 aliphatic rings. The van der Waals surface area contributed by atoms with E-state index in [-0.39, 0.29) is 33.6 Å². The molecule has 0 amide bonds. The summed E-state index contributed by atoms with van der Waals surface area (Å²) in [7, 11) is -4.47. The summed E-state index contributed by atoms with van der Waals surface area (Å²) in [6, 6.07) is 0. The van der Waals surface area contributed by atoms with E-state index in [0.29, 0.717) is 0 Å². The normalized spacial score (nSPS) is 30.1. The summed E-state index contributed by atoms with van der Waals surface area (Å²) in [6.45, 7) is 24.7. The van der Waals surface area contributed by atoms with Crippen LogP contribution in [0.1, 0.15) is 62.3 Å². The van der Waals surface area contributed by atoms with Crippen molar-refractivity contribution in [2.45, 2.75) is 109 Å². The zero-order chi connectivity index (χ0) is 19.5. The lowest BCUT2D eigenvalue weighted by Crippen LogP contribution is -2.55. The molecule has 0 unspecified atom stereocenters. The first kappa shape index (κ1) is 21.2. The van der Waals surface area contributed by atoms with Crippen LogP contribution < -0.4 is 0 Å². The highest BCUT2D eigenvalue weighted by Gasteiger charge is 2.67. The predicted octanol–water partition coefficient (Wildman–Crippen LogP) is 5.70. The van der Waals surface area contributed by atoms with E-state index in [9.17, 15) is 0 Å². The molecule has 6 heteroatoms. The van der Waals surface area contributed by atoms with Gasteiger partial charge >= 0.3 is 8.56 Å². The van der Waals surface area contributed by atoms with Crippen LogP contribution in [0.3, 0.4) is 0 Å². The van der Waals surface area contributed by atoms with Crippen LogP contribution in [0.5, 0.6) is 0 Å². The van der Waals surface area contributed by atoms with Crippen LogP contribution in [-0.2, 0) is 18.0 Å². The number of fused-ring (bicyclic) bond motifs is 1. The molecule has 146 valence electrons. The third kappa shape index (κ3) is 3.65. The maximum absolute atomic E-state index is 6.79. The fourth-order valence-electron chi connectivity index (χ4n) is 3.60. The van der Waals surface area contributed by atoms with Crippen molar-refractivity contribution in [2.24, 2.45) is 0 Å². The van der Waals surface area contributed by atoms with Gasteiger partial charge in [-0.3, -0.25) is 0 Å². The second-order valence-corrected chi connectivity index (χ2v) is 20.5. The fourth-order valence-corrected chi connectivity index (χ4v) is 9.71. The van der Waals surface area contributed by atoms with E-state index in [1.54, 1.807) is 6.26 Å². The molecule has 1 fully saturated rings. The zero-order valence-corrected chi connectivity index (χ0v) is 20.0. The van der Waals surface area contributed by atoms with Crippen molar-refractivity contribution >= 4 is 16.9 Å². The van der Waals surface area contributed by atoms with Crippen LogP contribution in [0, 0.1) is 0 Å². The van der Waals surface area contributed by atoms with Crippen LogP contribution in [0.15, 0.2) is 12.3 Å². The van der Waals surface area contributed by atoms with Gasteiger partial charge in [-0.25, -0.2) is 0 Å². The van der Waals surface area contributed by atoms with Gasteiger partial charge in [-0.2, -0.15) is 0 Å². The molecule has 4 nitrogen and oxygen atoms in total. The van der Waals surface area contributed by atoms with Crippen LogP contribution in [0.4, 0.5) is 0 Å². The highest BCUT2D eigenvalue weighted by molar-refractivity contribution is 6.74. The van der Waals surface area contributed by atoms with Gasteiger partial charge in [0.05, 0.1) is 12.4 Å². The Balaban J connectivity index is 2.33. The highest BCUT2D eigenvalue weighted by Crippen LogP contribution is 2.57. The predicted molar refractivity (Wildman–Crippen MR) is 107 cm³/mol. The van der Waals surface area contributed by atoms with Gasteiger partial charge in [-0.05, 0) is 24.2 Å². The summed E-state index contributed by atoms with van der Waals surface area (Å²) in [4.78, 5) is 0. The van der Waals surface area contributed by atoms with Crippen LogP contribution >= 0.6 is 0 Å². The average Bonchev–Trinajstić information content (AvgIpc) is 2.78. The van der Waals surface area contributed by atoms with E-state index >= 15 is 0 Å². The summed E-state index contributed by atoms with van der Waals surface area (Å²) in [5, 5.41) is 0.0254. The fraction of sp³-hybridized carbons (Fsp3) is 0.895. The Morgan fingerprint density at radius 1 is 0.880 bits per heavy atom. The monoisotopic (exact) mass is 386 g/mol. The molecule has 25 heavy (non-hydrogen) atoms. The zero-order valence-electron chi connectivity index (χ0n) is 18.0. The van der Waals surface area contributed by atoms with Gasteiger partial charge in [-0.1, -0.05) is 62.3 Å². The lowest BCUT2D eigenvalue weighted by Gasteiger charge is -2.45. The lowest BCUT2D eigenvalue weighted by atomic mass is 10.2. The molecule has 3 atom stereocenters. The molecule has 0 aromatic heterocycles. The Morgan fingerprint density at radius 2 is 1.40 bits per heavy atom. The van der Waals surface area contributed by atoms with E-state index in [4.69, 9.17) is 18.0 Å². The molecule has 0 spiro atoms. The van der Waals surface area contributed by atoms with Crippen molar-refractivity contribution in [1.29, 1.82) is 0 Å². The summed E-state index contributed by atoms with van der Waals surface area (Å²) < 4.78 is 25.9. The first-order valence-corrected chi connectivity index (χ1v) is 14.1. The maximum atomic E-state index is 6.79. The second-order valence-electron chi connectivity index (χ2n) is 11.0. The summed E-state index contributed by atoms with van der Waals surface area (Å²) in [5.74, 6) is 0.